The van der Waals surface area contributed by atoms with Crippen molar-refractivity contribution in [2.45, 2.75) is 32.2 Å². The van der Waals surface area contributed by atoms with Gasteiger partial charge in [0.25, 0.3) is 0 Å². The molecular weight excluding hydrogens is 292 g/mol. The molecule has 2 aromatic carbocycles. The van der Waals surface area contributed by atoms with Gasteiger partial charge in [0.15, 0.2) is 0 Å². The number of hydrogen-bond donors (Lipinski definition) is 1. The Bertz CT molecular complexity index is 584. The molecule has 0 aliphatic heterocycles. The van der Waals surface area contributed by atoms with Gasteiger partial charge in [-0.3, -0.25) is 0 Å². The van der Waals surface area contributed by atoms with Crippen LogP contribution in [0.25, 0.3) is 0 Å². The minimum absolute atomic E-state index is 0.0196. The fourth-order valence-electron chi connectivity index (χ4n) is 2.21. The molecule has 21 heavy (non-hydrogen) atoms. The fraction of sp³-hybridized carbons (Fsp3) is 0.294. The van der Waals surface area contributed by atoms with E-state index < -0.39 is 5.82 Å². The van der Waals surface area contributed by atoms with Crippen LogP contribution in [0.15, 0.2) is 42.5 Å². The van der Waals surface area contributed by atoms with Gasteiger partial charge in [-0.25, -0.2) is 8.78 Å². The summed E-state index contributed by atoms with van der Waals surface area (Å²) in [5.41, 5.74) is 1.66. The Balaban J connectivity index is 2.19. The van der Waals surface area contributed by atoms with E-state index in [4.69, 9.17) is 11.6 Å². The van der Waals surface area contributed by atoms with Crippen molar-refractivity contribution in [3.05, 3.63) is 64.7 Å². The Labute approximate surface area is 128 Å². The molecule has 0 radical (unpaired) electrons. The highest BCUT2D eigenvalue weighted by Gasteiger charge is 2.12. The van der Waals surface area contributed by atoms with E-state index in [-0.39, 0.29) is 16.9 Å². The molecule has 1 atom stereocenters. The molecule has 0 bridgehead atoms. The van der Waals surface area contributed by atoms with E-state index >= 15 is 0 Å². The van der Waals surface area contributed by atoms with E-state index in [0.29, 0.717) is 5.69 Å². The molecule has 0 amide bonds. The summed E-state index contributed by atoms with van der Waals surface area (Å²) < 4.78 is 26.6. The Kier molecular flexibility index (Phi) is 5.57. The normalized spacial score (nSPS) is 12.2. The molecule has 0 fully saturated rings. The molecule has 112 valence electrons. The first-order chi connectivity index (χ1) is 10.1. The lowest BCUT2D eigenvalue weighted by Crippen LogP contribution is -2.11. The largest absolute Gasteiger partial charge is 0.378 e. The van der Waals surface area contributed by atoms with Gasteiger partial charge >= 0.3 is 0 Å². The fourth-order valence-corrected chi connectivity index (χ4v) is 2.33. The highest BCUT2D eigenvalue weighted by Crippen LogP contribution is 2.27. The van der Waals surface area contributed by atoms with E-state index in [9.17, 15) is 8.78 Å². The van der Waals surface area contributed by atoms with E-state index in [1.165, 1.54) is 24.3 Å². The minimum atomic E-state index is -0.449. The predicted octanol–water partition coefficient (Wildman–Crippen LogP) is 5.96. The zero-order valence-electron chi connectivity index (χ0n) is 11.9. The van der Waals surface area contributed by atoms with Gasteiger partial charge in [-0.1, -0.05) is 43.5 Å². The Hall–Kier alpha value is -1.61. The molecule has 2 aromatic rings. The molecule has 0 aliphatic carbocycles. The number of benzene rings is 2. The average molecular weight is 310 g/mol. The molecule has 0 saturated heterocycles. The van der Waals surface area contributed by atoms with Crippen molar-refractivity contribution in [3.63, 3.8) is 0 Å². The van der Waals surface area contributed by atoms with Crippen LogP contribution in [0.1, 0.15) is 37.8 Å². The lowest BCUT2D eigenvalue weighted by Gasteiger charge is -2.20. The second-order valence-electron chi connectivity index (χ2n) is 5.02. The molecule has 0 spiro atoms. The number of hydrogen-bond acceptors (Lipinski definition) is 1. The van der Waals surface area contributed by atoms with E-state index in [1.807, 2.05) is 0 Å². The van der Waals surface area contributed by atoms with Crippen LogP contribution in [0, 0.1) is 11.6 Å². The third-order valence-electron chi connectivity index (χ3n) is 3.38. The molecular formula is C17H18ClF2N. The van der Waals surface area contributed by atoms with Crippen LogP contribution < -0.4 is 5.32 Å². The van der Waals surface area contributed by atoms with Crippen LogP contribution in [0.2, 0.25) is 5.02 Å². The summed E-state index contributed by atoms with van der Waals surface area (Å²) in [6.45, 7) is 2.11. The summed E-state index contributed by atoms with van der Waals surface area (Å²) in [5, 5.41) is 3.40. The first kappa shape index (κ1) is 15.8. The molecule has 0 saturated carbocycles. The van der Waals surface area contributed by atoms with Gasteiger partial charge < -0.3 is 5.32 Å². The Morgan fingerprint density at radius 2 is 1.81 bits per heavy atom. The quantitative estimate of drug-likeness (QED) is 0.694. The predicted molar refractivity (Wildman–Crippen MR) is 83.7 cm³/mol. The summed E-state index contributed by atoms with van der Waals surface area (Å²) in [6.07, 6.45) is 2.99. The summed E-state index contributed by atoms with van der Waals surface area (Å²) >= 11 is 5.69. The highest BCUT2D eigenvalue weighted by molar-refractivity contribution is 6.30. The van der Waals surface area contributed by atoms with Crippen molar-refractivity contribution in [2.75, 3.05) is 5.32 Å². The smallest absolute Gasteiger partial charge is 0.143 e. The van der Waals surface area contributed by atoms with Gasteiger partial charge in [0.05, 0.1) is 11.1 Å². The SMILES string of the molecule is CCCCC(Nc1ccc(Cl)c(F)c1)c1ccc(F)cc1. The van der Waals surface area contributed by atoms with Gasteiger partial charge in [0, 0.05) is 5.69 Å². The van der Waals surface area contributed by atoms with Gasteiger partial charge in [-0.15, -0.1) is 0 Å². The van der Waals surface area contributed by atoms with Crippen molar-refractivity contribution < 1.29 is 8.78 Å². The maximum Gasteiger partial charge on any atom is 0.143 e. The monoisotopic (exact) mass is 309 g/mol. The van der Waals surface area contributed by atoms with Gasteiger partial charge in [0.2, 0.25) is 0 Å². The van der Waals surface area contributed by atoms with Crippen LogP contribution in [0.4, 0.5) is 14.5 Å². The Morgan fingerprint density at radius 3 is 2.43 bits per heavy atom. The highest BCUT2D eigenvalue weighted by atomic mass is 35.5. The third-order valence-corrected chi connectivity index (χ3v) is 3.69. The number of anilines is 1. The first-order valence-corrected chi connectivity index (χ1v) is 7.45. The number of halogens is 3. The lowest BCUT2D eigenvalue weighted by atomic mass is 10.0. The zero-order chi connectivity index (χ0) is 15.2. The van der Waals surface area contributed by atoms with Crippen molar-refractivity contribution in [3.8, 4) is 0 Å². The first-order valence-electron chi connectivity index (χ1n) is 7.07. The molecule has 1 nitrogen and oxygen atoms in total. The van der Waals surface area contributed by atoms with Crippen LogP contribution in [-0.4, -0.2) is 0 Å². The van der Waals surface area contributed by atoms with E-state index in [2.05, 4.69) is 12.2 Å². The molecule has 4 heteroatoms. The number of nitrogens with one attached hydrogen (secondary N) is 1. The molecule has 0 aliphatic rings. The average Bonchev–Trinajstić information content (AvgIpc) is 2.48. The van der Waals surface area contributed by atoms with Crippen molar-refractivity contribution in [1.29, 1.82) is 0 Å². The number of rotatable bonds is 6. The second kappa shape index (κ2) is 7.41. The topological polar surface area (TPSA) is 12.0 Å². The summed E-state index contributed by atoms with van der Waals surface area (Å²) in [4.78, 5) is 0. The van der Waals surface area contributed by atoms with Crippen molar-refractivity contribution >= 4 is 17.3 Å². The van der Waals surface area contributed by atoms with Gasteiger partial charge in [-0.2, -0.15) is 0 Å². The van der Waals surface area contributed by atoms with Crippen LogP contribution in [0.5, 0.6) is 0 Å². The lowest BCUT2D eigenvalue weighted by molar-refractivity contribution is 0.614. The molecule has 0 aromatic heterocycles. The van der Waals surface area contributed by atoms with Crippen molar-refractivity contribution in [1.82, 2.24) is 0 Å². The standard InChI is InChI=1S/C17H18ClF2N/c1-2-3-4-17(12-5-7-13(19)8-6-12)21-14-9-10-15(18)16(20)11-14/h5-11,17,21H,2-4H2,1H3. The van der Waals surface area contributed by atoms with Crippen LogP contribution in [0.3, 0.4) is 0 Å². The molecule has 1 N–H and O–H groups in total. The second-order valence-corrected chi connectivity index (χ2v) is 5.43. The minimum Gasteiger partial charge on any atom is -0.378 e. The molecule has 1 unspecified atom stereocenters. The third kappa shape index (κ3) is 4.43. The maximum absolute atomic E-state index is 13.5. The molecule has 2 rings (SSSR count). The number of unbranched alkanes of at least 4 members (excludes halogenated alkanes) is 1. The van der Waals surface area contributed by atoms with E-state index in [0.717, 1.165) is 24.8 Å². The van der Waals surface area contributed by atoms with E-state index in [1.54, 1.807) is 18.2 Å². The van der Waals surface area contributed by atoms with Gasteiger partial charge in [0.1, 0.15) is 11.6 Å². The summed E-state index contributed by atoms with van der Waals surface area (Å²) in [5.74, 6) is -0.708. The van der Waals surface area contributed by atoms with Crippen LogP contribution >= 0.6 is 11.6 Å². The molecule has 0 heterocycles. The Morgan fingerprint density at radius 1 is 1.10 bits per heavy atom. The van der Waals surface area contributed by atoms with Crippen molar-refractivity contribution in [2.24, 2.45) is 0 Å². The summed E-state index contributed by atoms with van der Waals surface area (Å²) in [6, 6.07) is 11.1. The zero-order valence-corrected chi connectivity index (χ0v) is 12.6. The van der Waals surface area contributed by atoms with Crippen LogP contribution in [-0.2, 0) is 0 Å². The van der Waals surface area contributed by atoms with Gasteiger partial charge in [-0.05, 0) is 42.3 Å². The maximum atomic E-state index is 13.5. The summed E-state index contributed by atoms with van der Waals surface area (Å²) in [7, 11) is 0.